The molecule has 0 bridgehead atoms. The van der Waals surface area contributed by atoms with Crippen molar-refractivity contribution in [2.75, 3.05) is 47.0 Å². The molecular weight excluding hydrogens is 430 g/mol. The van der Waals surface area contributed by atoms with Gasteiger partial charge in [0.2, 0.25) is 23.4 Å². The number of nitrogens with zero attached hydrogens (tertiary/aromatic N) is 3. The smallest absolute Gasteiger partial charge is 0.232 e. The van der Waals surface area contributed by atoms with Crippen LogP contribution in [-0.2, 0) is 4.79 Å². The topological polar surface area (TPSA) is 105 Å². The zero-order valence-electron chi connectivity index (χ0n) is 19.1. The Kier molecular flexibility index (Phi) is 6.25. The summed E-state index contributed by atoms with van der Waals surface area (Å²) < 4.78 is 32.3. The lowest BCUT2D eigenvalue weighted by Gasteiger charge is -2.20. The normalized spacial score (nSPS) is 15.5. The van der Waals surface area contributed by atoms with Crippen LogP contribution in [0.2, 0.25) is 0 Å². The van der Waals surface area contributed by atoms with E-state index in [1.165, 1.54) is 21.3 Å². The van der Waals surface area contributed by atoms with Crippen LogP contribution in [0.3, 0.4) is 0 Å². The van der Waals surface area contributed by atoms with Crippen molar-refractivity contribution in [3.63, 3.8) is 0 Å². The lowest BCUT2D eigenvalue weighted by Crippen LogP contribution is -2.24. The van der Waals surface area contributed by atoms with Crippen molar-refractivity contribution >= 4 is 11.6 Å². The highest BCUT2D eigenvalue weighted by molar-refractivity contribution is 5.97. The molecule has 174 valence electrons. The van der Waals surface area contributed by atoms with E-state index in [0.29, 0.717) is 58.3 Å². The Labute approximate surface area is 190 Å². The summed E-state index contributed by atoms with van der Waals surface area (Å²) in [6, 6.07) is 8.82. The third kappa shape index (κ3) is 4.23. The van der Waals surface area contributed by atoms with E-state index < -0.39 is 0 Å². The number of anilines is 1. The summed E-state index contributed by atoms with van der Waals surface area (Å²) in [5.74, 6) is 3.06. The minimum atomic E-state index is -0.259. The predicted octanol–water partition coefficient (Wildman–Crippen LogP) is 3.30. The SMILES string of the molecule is COc1cc(OC)cc(-c2noc(C3CC(=O)N(c4cc(OC)c(OC)c(OC)c4)C3)n2)c1. The molecule has 0 saturated carbocycles. The molecule has 1 unspecified atom stereocenters. The van der Waals surface area contributed by atoms with Crippen molar-refractivity contribution in [1.29, 1.82) is 0 Å². The average Bonchev–Trinajstić information content (AvgIpc) is 3.49. The van der Waals surface area contributed by atoms with Crippen LogP contribution in [0.4, 0.5) is 5.69 Å². The van der Waals surface area contributed by atoms with Gasteiger partial charge in [-0.2, -0.15) is 4.98 Å². The van der Waals surface area contributed by atoms with E-state index in [1.807, 2.05) is 0 Å². The number of hydrogen-bond acceptors (Lipinski definition) is 9. The lowest BCUT2D eigenvalue weighted by molar-refractivity contribution is -0.117. The van der Waals surface area contributed by atoms with Crippen LogP contribution in [0.1, 0.15) is 18.2 Å². The zero-order valence-corrected chi connectivity index (χ0v) is 19.1. The van der Waals surface area contributed by atoms with Crippen molar-refractivity contribution in [3.05, 3.63) is 36.2 Å². The number of ether oxygens (including phenoxy) is 5. The van der Waals surface area contributed by atoms with E-state index in [0.717, 1.165) is 0 Å². The second-order valence-corrected chi connectivity index (χ2v) is 7.35. The molecule has 4 rings (SSSR count). The van der Waals surface area contributed by atoms with Crippen LogP contribution in [-0.4, -0.2) is 58.1 Å². The van der Waals surface area contributed by atoms with E-state index in [4.69, 9.17) is 28.2 Å². The number of benzene rings is 2. The van der Waals surface area contributed by atoms with Gasteiger partial charge >= 0.3 is 0 Å². The van der Waals surface area contributed by atoms with Crippen LogP contribution < -0.4 is 28.6 Å². The van der Waals surface area contributed by atoms with Crippen LogP contribution in [0.5, 0.6) is 28.7 Å². The predicted molar refractivity (Wildman–Crippen MR) is 119 cm³/mol. The monoisotopic (exact) mass is 455 g/mol. The number of amides is 1. The van der Waals surface area contributed by atoms with Gasteiger partial charge in [0, 0.05) is 36.7 Å². The summed E-state index contributed by atoms with van der Waals surface area (Å²) in [7, 11) is 7.73. The van der Waals surface area contributed by atoms with Gasteiger partial charge in [0.05, 0.1) is 47.2 Å². The maximum Gasteiger partial charge on any atom is 0.232 e. The second kappa shape index (κ2) is 9.27. The number of carbonyl (C=O) groups is 1. The van der Waals surface area contributed by atoms with E-state index in [-0.39, 0.29) is 18.2 Å². The summed E-state index contributed by atoms with van der Waals surface area (Å²) in [5.41, 5.74) is 1.32. The van der Waals surface area contributed by atoms with E-state index in [1.54, 1.807) is 49.5 Å². The Morgan fingerprint density at radius 2 is 1.52 bits per heavy atom. The van der Waals surface area contributed by atoms with Gasteiger partial charge in [-0.25, -0.2) is 0 Å². The molecule has 2 heterocycles. The lowest BCUT2D eigenvalue weighted by atomic mass is 10.1. The summed E-state index contributed by atoms with van der Waals surface area (Å²) >= 11 is 0. The minimum Gasteiger partial charge on any atom is -0.497 e. The first-order valence-corrected chi connectivity index (χ1v) is 10.2. The van der Waals surface area contributed by atoms with Gasteiger partial charge in [0.15, 0.2) is 11.5 Å². The molecule has 0 N–H and O–H groups in total. The van der Waals surface area contributed by atoms with Crippen molar-refractivity contribution in [3.8, 4) is 40.1 Å². The third-order valence-corrected chi connectivity index (χ3v) is 5.49. The molecule has 3 aromatic rings. The minimum absolute atomic E-state index is 0.0722. The molecule has 1 amide bonds. The Morgan fingerprint density at radius 1 is 0.879 bits per heavy atom. The molecule has 1 aliphatic rings. The highest BCUT2D eigenvalue weighted by Gasteiger charge is 2.36. The molecule has 10 nitrogen and oxygen atoms in total. The van der Waals surface area contributed by atoms with Crippen molar-refractivity contribution in [2.45, 2.75) is 12.3 Å². The van der Waals surface area contributed by atoms with Crippen LogP contribution in [0.15, 0.2) is 34.9 Å². The van der Waals surface area contributed by atoms with Gasteiger partial charge in [0.25, 0.3) is 0 Å². The van der Waals surface area contributed by atoms with Gasteiger partial charge in [-0.3, -0.25) is 4.79 Å². The Balaban J connectivity index is 1.60. The first-order chi connectivity index (χ1) is 16.0. The highest BCUT2D eigenvalue weighted by atomic mass is 16.5. The molecule has 1 saturated heterocycles. The molecule has 1 atom stereocenters. The van der Waals surface area contributed by atoms with E-state index >= 15 is 0 Å². The van der Waals surface area contributed by atoms with Gasteiger partial charge < -0.3 is 33.1 Å². The highest BCUT2D eigenvalue weighted by Crippen LogP contribution is 2.43. The second-order valence-electron chi connectivity index (χ2n) is 7.35. The average molecular weight is 455 g/mol. The first kappa shape index (κ1) is 22.3. The van der Waals surface area contributed by atoms with E-state index in [2.05, 4.69) is 10.1 Å². The molecular formula is C23H25N3O7. The summed E-state index contributed by atoms with van der Waals surface area (Å²) in [5, 5.41) is 4.10. The number of methoxy groups -OCH3 is 5. The van der Waals surface area contributed by atoms with Crippen molar-refractivity contribution in [2.24, 2.45) is 0 Å². The molecule has 1 aromatic heterocycles. The Bertz CT molecular complexity index is 1110. The summed E-state index contributed by atoms with van der Waals surface area (Å²) in [4.78, 5) is 19.0. The molecule has 1 aliphatic heterocycles. The van der Waals surface area contributed by atoms with Crippen LogP contribution in [0.25, 0.3) is 11.4 Å². The fourth-order valence-electron chi connectivity index (χ4n) is 3.80. The quantitative estimate of drug-likeness (QED) is 0.506. The van der Waals surface area contributed by atoms with Gasteiger partial charge in [-0.15, -0.1) is 0 Å². The van der Waals surface area contributed by atoms with Crippen molar-refractivity contribution < 1.29 is 33.0 Å². The molecule has 0 aliphatic carbocycles. The number of rotatable bonds is 8. The van der Waals surface area contributed by atoms with Gasteiger partial charge in [-0.1, -0.05) is 5.16 Å². The molecule has 0 radical (unpaired) electrons. The number of carbonyl (C=O) groups excluding carboxylic acids is 1. The van der Waals surface area contributed by atoms with Crippen LogP contribution in [0, 0.1) is 0 Å². The molecule has 10 heteroatoms. The Morgan fingerprint density at radius 3 is 2.06 bits per heavy atom. The van der Waals surface area contributed by atoms with Gasteiger partial charge in [-0.05, 0) is 12.1 Å². The van der Waals surface area contributed by atoms with Crippen molar-refractivity contribution in [1.82, 2.24) is 10.1 Å². The molecule has 33 heavy (non-hydrogen) atoms. The van der Waals surface area contributed by atoms with Gasteiger partial charge in [0.1, 0.15) is 11.5 Å². The maximum absolute atomic E-state index is 12.8. The standard InChI is InChI=1S/C23H25N3O7/c1-28-16-6-13(7-17(11-16)29-2)22-24-23(33-25-22)14-8-20(27)26(12-14)15-9-18(30-3)21(32-5)19(10-15)31-4/h6-7,9-11,14H,8,12H2,1-5H3. The summed E-state index contributed by atoms with van der Waals surface area (Å²) in [6.45, 7) is 0.376. The third-order valence-electron chi connectivity index (χ3n) is 5.49. The zero-order chi connectivity index (χ0) is 23.5. The largest absolute Gasteiger partial charge is 0.497 e. The van der Waals surface area contributed by atoms with E-state index in [9.17, 15) is 4.79 Å². The first-order valence-electron chi connectivity index (χ1n) is 10.2. The fraction of sp³-hybridized carbons (Fsp3) is 0.348. The molecule has 0 spiro atoms. The Hall–Kier alpha value is -3.95. The number of aromatic nitrogens is 2. The summed E-state index contributed by atoms with van der Waals surface area (Å²) in [6.07, 6.45) is 0.236. The molecule has 2 aromatic carbocycles. The number of hydrogen-bond donors (Lipinski definition) is 0. The maximum atomic E-state index is 12.8. The van der Waals surface area contributed by atoms with Crippen LogP contribution >= 0.6 is 0 Å². The molecule has 1 fully saturated rings. The fourth-order valence-corrected chi connectivity index (χ4v) is 3.80.